The lowest BCUT2D eigenvalue weighted by molar-refractivity contribution is 0.842. The molecule has 2 heterocycles. The van der Waals surface area contributed by atoms with Gasteiger partial charge in [0.1, 0.15) is 0 Å². The highest BCUT2D eigenvalue weighted by molar-refractivity contribution is 7.08. The Morgan fingerprint density at radius 2 is 1.17 bits per heavy atom. The van der Waals surface area contributed by atoms with Crippen LogP contribution >= 0.6 is 0 Å². The normalized spacial score (nSPS) is 14.3. The van der Waals surface area contributed by atoms with Gasteiger partial charge in [0.25, 0.3) is 0 Å². The van der Waals surface area contributed by atoms with Crippen molar-refractivity contribution in [2.75, 3.05) is 0 Å². The molecule has 1 aromatic heterocycles. The zero-order valence-electron chi connectivity index (χ0n) is 16.2. The summed E-state index contributed by atoms with van der Waals surface area (Å²) in [5.41, 5.74) is 2.77. The van der Waals surface area contributed by atoms with Crippen molar-refractivity contribution in [3.63, 3.8) is 0 Å². The molecule has 0 atom stereocenters. The number of halogens is 1. The number of nitrogens with zero attached hydrogens (tertiary/aromatic N) is 1. The van der Waals surface area contributed by atoms with Crippen LogP contribution in [0.2, 0.25) is 0 Å². The molecule has 30 heavy (non-hydrogen) atoms. The maximum absolute atomic E-state index is 17.9. The molecule has 0 amide bonds. The third kappa shape index (κ3) is 2.36. The van der Waals surface area contributed by atoms with E-state index in [-0.39, 0.29) is 0 Å². The summed E-state index contributed by atoms with van der Waals surface area (Å²) >= 11 is 0. The van der Waals surface area contributed by atoms with Crippen LogP contribution < -0.4 is 15.6 Å². The van der Waals surface area contributed by atoms with Crippen molar-refractivity contribution >= 4 is 57.8 Å². The zero-order chi connectivity index (χ0) is 20.1. The summed E-state index contributed by atoms with van der Waals surface area (Å²) in [5, 5.41) is 5.35. The van der Waals surface area contributed by atoms with Crippen LogP contribution in [0.3, 0.4) is 0 Å². The summed E-state index contributed by atoms with van der Waals surface area (Å²) in [6, 6.07) is 29.9. The molecule has 1 aliphatic heterocycles. The van der Waals surface area contributed by atoms with Gasteiger partial charge in [-0.05, 0) is 38.1 Å². The monoisotopic (exact) mass is 403 g/mol. The van der Waals surface area contributed by atoms with Crippen molar-refractivity contribution in [2.24, 2.45) is 0 Å². The van der Waals surface area contributed by atoms with Gasteiger partial charge in [0.05, 0.1) is 5.52 Å². The summed E-state index contributed by atoms with van der Waals surface area (Å²) in [7, 11) is -3.79. The van der Waals surface area contributed by atoms with Gasteiger partial charge in [-0.1, -0.05) is 97.1 Å². The van der Waals surface area contributed by atoms with E-state index in [1.807, 2.05) is 84.9 Å². The fraction of sp³-hybridized carbons (Fsp3) is 0. The van der Waals surface area contributed by atoms with Gasteiger partial charge in [-0.2, -0.15) is 0 Å². The van der Waals surface area contributed by atoms with Gasteiger partial charge in [0.15, 0.2) is 0 Å². The molecule has 1 nitrogen and oxygen atoms in total. The van der Waals surface area contributed by atoms with Crippen LogP contribution in [0, 0.1) is 0 Å². The third-order valence-electron chi connectivity index (χ3n) is 6.09. The fourth-order valence-electron chi connectivity index (χ4n) is 4.73. The van der Waals surface area contributed by atoms with E-state index >= 15 is 4.11 Å². The van der Waals surface area contributed by atoms with E-state index < -0.39 is 8.41 Å². The Labute approximate surface area is 175 Å². The number of hydrogen-bond acceptors (Lipinski definition) is 1. The third-order valence-corrected chi connectivity index (χ3v) is 9.65. The molecule has 0 bridgehead atoms. The molecule has 0 spiro atoms. The van der Waals surface area contributed by atoms with Gasteiger partial charge in [-0.15, -0.1) is 0 Å². The van der Waals surface area contributed by atoms with Crippen molar-refractivity contribution in [3.8, 4) is 0 Å². The van der Waals surface area contributed by atoms with Crippen LogP contribution in [0.1, 0.15) is 11.1 Å². The van der Waals surface area contributed by atoms with Gasteiger partial charge in [-0.3, -0.25) is 9.09 Å². The molecule has 0 aliphatic carbocycles. The maximum Gasteiger partial charge on any atom is 0.341 e. The minimum atomic E-state index is -3.79. The summed E-state index contributed by atoms with van der Waals surface area (Å²) < 4.78 is 17.9. The Balaban J connectivity index is 1.82. The molecule has 0 fully saturated rings. The van der Waals surface area contributed by atoms with E-state index in [0.717, 1.165) is 48.4 Å². The molecule has 0 unspecified atom stereocenters. The number of aromatic nitrogens is 1. The lowest BCUT2D eigenvalue weighted by Gasteiger charge is -2.27. The Morgan fingerprint density at radius 1 is 0.567 bits per heavy atom. The summed E-state index contributed by atoms with van der Waals surface area (Å²) in [6.45, 7) is 0. The second kappa shape index (κ2) is 6.47. The highest BCUT2D eigenvalue weighted by Gasteiger charge is 2.45. The summed E-state index contributed by atoms with van der Waals surface area (Å²) in [4.78, 5) is 4.67. The zero-order valence-corrected chi connectivity index (χ0v) is 17.2. The average molecular weight is 404 g/mol. The van der Waals surface area contributed by atoms with Crippen LogP contribution in [-0.2, 0) is 0 Å². The predicted molar refractivity (Wildman–Crippen MR) is 127 cm³/mol. The van der Waals surface area contributed by atoms with Crippen molar-refractivity contribution in [3.05, 3.63) is 108 Å². The molecule has 4 aromatic carbocycles. The van der Waals surface area contributed by atoms with Crippen LogP contribution in [0.15, 0.2) is 97.2 Å². The van der Waals surface area contributed by atoms with E-state index in [2.05, 4.69) is 23.2 Å². The molecule has 0 saturated carbocycles. The predicted octanol–water partition coefficient (Wildman–Crippen LogP) is 4.81. The van der Waals surface area contributed by atoms with E-state index in [4.69, 9.17) is 0 Å². The van der Waals surface area contributed by atoms with Gasteiger partial charge in [0.2, 0.25) is 0 Å². The molecule has 0 radical (unpaired) electrons. The van der Waals surface area contributed by atoms with Gasteiger partial charge < -0.3 is 0 Å². The van der Waals surface area contributed by atoms with Crippen LogP contribution in [-0.4, -0.2) is 13.4 Å². The highest BCUT2D eigenvalue weighted by Crippen LogP contribution is 2.27. The molecular formula is C27H18FNSi. The van der Waals surface area contributed by atoms with Gasteiger partial charge >= 0.3 is 8.41 Å². The van der Waals surface area contributed by atoms with Gasteiger partial charge in [0, 0.05) is 17.0 Å². The number of pyridine rings is 1. The number of hydrogen-bond donors (Lipinski definition) is 0. The van der Waals surface area contributed by atoms with E-state index in [9.17, 15) is 0 Å². The second-order valence-corrected chi connectivity index (χ2v) is 10.6. The molecule has 3 heteroatoms. The van der Waals surface area contributed by atoms with Gasteiger partial charge in [-0.25, -0.2) is 0 Å². The highest BCUT2D eigenvalue weighted by atomic mass is 28.4. The van der Waals surface area contributed by atoms with Crippen LogP contribution in [0.4, 0.5) is 4.11 Å². The lowest BCUT2D eigenvalue weighted by Crippen LogP contribution is -2.65. The minimum Gasteiger partial charge on any atom is -0.296 e. The first-order valence-corrected chi connectivity index (χ1v) is 12.0. The van der Waals surface area contributed by atoms with E-state index in [1.54, 1.807) is 6.20 Å². The quantitative estimate of drug-likeness (QED) is 0.222. The van der Waals surface area contributed by atoms with Crippen molar-refractivity contribution in [1.29, 1.82) is 0 Å². The van der Waals surface area contributed by atoms with Crippen molar-refractivity contribution in [1.82, 2.24) is 4.98 Å². The summed E-state index contributed by atoms with van der Waals surface area (Å²) in [5.74, 6) is 0. The Morgan fingerprint density at radius 3 is 1.90 bits per heavy atom. The SMILES string of the molecule is F[Si]1(c2cccc3ccc4cccnc4c23)c2ccccc2C=Cc2ccccc21. The Kier molecular flexibility index (Phi) is 3.74. The Bertz CT molecular complexity index is 1420. The summed E-state index contributed by atoms with van der Waals surface area (Å²) in [6.07, 6.45) is 5.88. The van der Waals surface area contributed by atoms with E-state index in [1.165, 1.54) is 0 Å². The standard InChI is InChI=1S/C27H18FNSi/c28-30(23-11-3-1-7-19(23)14-15-20-8-2-4-12-24(20)30)25-13-5-9-21-16-17-22-10-6-18-29-27(22)26(21)25/h1-18H. The molecule has 5 aromatic rings. The molecular weight excluding hydrogens is 385 g/mol. The lowest BCUT2D eigenvalue weighted by atomic mass is 10.1. The number of rotatable bonds is 1. The smallest absolute Gasteiger partial charge is 0.296 e. The molecule has 1 aliphatic rings. The first-order valence-electron chi connectivity index (χ1n) is 10.1. The maximum atomic E-state index is 17.9. The molecule has 6 rings (SSSR count). The minimum absolute atomic E-state index is 0.771. The number of benzene rings is 4. The first-order chi connectivity index (χ1) is 14.8. The second-order valence-electron chi connectivity index (χ2n) is 7.71. The van der Waals surface area contributed by atoms with Crippen molar-refractivity contribution < 1.29 is 4.11 Å². The topological polar surface area (TPSA) is 12.9 Å². The Hall–Kier alpha value is -3.56. The largest absolute Gasteiger partial charge is 0.341 e. The average Bonchev–Trinajstić information content (AvgIpc) is 2.94. The fourth-order valence-corrected chi connectivity index (χ4v) is 8.31. The van der Waals surface area contributed by atoms with Crippen LogP contribution in [0.5, 0.6) is 0 Å². The van der Waals surface area contributed by atoms with E-state index in [0.29, 0.717) is 0 Å². The molecule has 142 valence electrons. The first kappa shape index (κ1) is 17.3. The molecule has 0 N–H and O–H groups in total. The van der Waals surface area contributed by atoms with Crippen molar-refractivity contribution in [2.45, 2.75) is 0 Å². The molecule has 0 saturated heterocycles. The number of fused-ring (bicyclic) bond motifs is 5. The van der Waals surface area contributed by atoms with Crippen LogP contribution in [0.25, 0.3) is 33.8 Å².